The van der Waals surface area contributed by atoms with Crippen molar-refractivity contribution in [2.45, 2.75) is 6.42 Å². The zero-order valence-electron chi connectivity index (χ0n) is 9.94. The number of halogens is 2. The van der Waals surface area contributed by atoms with Crippen LogP contribution in [0.4, 0.5) is 0 Å². The summed E-state index contributed by atoms with van der Waals surface area (Å²) in [5.74, 6) is -0.0380. The molecule has 0 spiro atoms. The first kappa shape index (κ1) is 13.7. The normalized spacial score (nSPS) is 10.2. The number of rotatable bonds is 4. The zero-order valence-corrected chi connectivity index (χ0v) is 11.4. The predicted octanol–water partition coefficient (Wildman–Crippen LogP) is 3.75. The summed E-state index contributed by atoms with van der Waals surface area (Å²) in [6, 6.07) is 7.41. The molecular formula is C14H10Cl2N2O. The first-order chi connectivity index (χ1) is 9.10. The number of ketones is 1. The Bertz CT molecular complexity index is 641. The summed E-state index contributed by atoms with van der Waals surface area (Å²) in [6.45, 7) is 3.45. The maximum atomic E-state index is 11.4. The minimum Gasteiger partial charge on any atom is -0.295 e. The lowest BCUT2D eigenvalue weighted by molar-refractivity contribution is -0.114. The van der Waals surface area contributed by atoms with E-state index in [1.807, 2.05) is 24.3 Å². The quantitative estimate of drug-likeness (QED) is 0.637. The van der Waals surface area contributed by atoms with E-state index in [0.717, 1.165) is 11.1 Å². The van der Waals surface area contributed by atoms with Crippen LogP contribution in [-0.4, -0.2) is 15.8 Å². The lowest BCUT2D eigenvalue weighted by Gasteiger charge is -2.05. The highest BCUT2D eigenvalue weighted by atomic mass is 35.5. The maximum Gasteiger partial charge on any atom is 0.222 e. The fraction of sp³-hybridized carbons (Fsp3) is 0.0714. The van der Waals surface area contributed by atoms with Crippen LogP contribution in [0.3, 0.4) is 0 Å². The fourth-order valence-electron chi connectivity index (χ4n) is 1.65. The Balaban J connectivity index is 2.40. The fourth-order valence-corrected chi connectivity index (χ4v) is 1.98. The van der Waals surface area contributed by atoms with Crippen LogP contribution in [0.5, 0.6) is 0 Å². The van der Waals surface area contributed by atoms with E-state index in [-0.39, 0.29) is 11.1 Å². The molecule has 0 aliphatic carbocycles. The molecule has 0 N–H and O–H groups in total. The van der Waals surface area contributed by atoms with Crippen LogP contribution in [0, 0.1) is 0 Å². The van der Waals surface area contributed by atoms with E-state index in [1.165, 1.54) is 12.3 Å². The molecule has 0 atom stereocenters. The van der Waals surface area contributed by atoms with Crippen molar-refractivity contribution in [1.82, 2.24) is 9.97 Å². The molecule has 1 aromatic heterocycles. The summed E-state index contributed by atoms with van der Waals surface area (Å²) >= 11 is 11.8. The van der Waals surface area contributed by atoms with Gasteiger partial charge in [0.1, 0.15) is 0 Å². The van der Waals surface area contributed by atoms with E-state index in [1.54, 1.807) is 0 Å². The van der Waals surface area contributed by atoms with Crippen molar-refractivity contribution in [2.75, 3.05) is 0 Å². The van der Waals surface area contributed by atoms with E-state index < -0.39 is 0 Å². The molecule has 0 fully saturated rings. The second-order valence-electron chi connectivity index (χ2n) is 3.88. The minimum absolute atomic E-state index is 0.0380. The second-order valence-corrected chi connectivity index (χ2v) is 4.63. The first-order valence-electron chi connectivity index (χ1n) is 5.53. The van der Waals surface area contributed by atoms with Gasteiger partial charge in [0.15, 0.2) is 5.78 Å². The van der Waals surface area contributed by atoms with Crippen molar-refractivity contribution >= 4 is 29.0 Å². The molecule has 0 saturated carbocycles. The van der Waals surface area contributed by atoms with E-state index in [0.29, 0.717) is 17.1 Å². The summed E-state index contributed by atoms with van der Waals surface area (Å²) in [5, 5.41) is 0.545. The smallest absolute Gasteiger partial charge is 0.222 e. The van der Waals surface area contributed by atoms with Crippen molar-refractivity contribution in [1.29, 1.82) is 0 Å². The Morgan fingerprint density at radius 3 is 2.89 bits per heavy atom. The third-order valence-corrected chi connectivity index (χ3v) is 2.98. The molecule has 1 aromatic carbocycles. The lowest BCUT2D eigenvalue weighted by Crippen LogP contribution is -1.98. The van der Waals surface area contributed by atoms with Gasteiger partial charge in [-0.15, -0.1) is 0 Å². The van der Waals surface area contributed by atoms with Gasteiger partial charge in [-0.1, -0.05) is 36.4 Å². The van der Waals surface area contributed by atoms with Crippen LogP contribution in [-0.2, 0) is 11.2 Å². The van der Waals surface area contributed by atoms with Crippen molar-refractivity contribution in [3.63, 3.8) is 0 Å². The molecule has 0 unspecified atom stereocenters. The van der Waals surface area contributed by atoms with Gasteiger partial charge in [-0.05, 0) is 29.3 Å². The summed E-state index contributed by atoms with van der Waals surface area (Å²) in [4.78, 5) is 19.3. The topological polar surface area (TPSA) is 42.9 Å². The molecule has 96 valence electrons. The molecule has 0 aliphatic rings. The van der Waals surface area contributed by atoms with Crippen LogP contribution in [0.1, 0.15) is 5.56 Å². The SMILES string of the molecule is C=CC(=O)Cc1cccc(-c2nc(Cl)ncc2Cl)c1. The van der Waals surface area contributed by atoms with Gasteiger partial charge >= 0.3 is 0 Å². The van der Waals surface area contributed by atoms with Gasteiger partial charge in [-0.25, -0.2) is 9.97 Å². The van der Waals surface area contributed by atoms with Crippen molar-refractivity contribution < 1.29 is 4.79 Å². The average Bonchev–Trinajstić information content (AvgIpc) is 2.41. The van der Waals surface area contributed by atoms with Gasteiger partial charge in [0.05, 0.1) is 16.9 Å². The highest BCUT2D eigenvalue weighted by Crippen LogP contribution is 2.26. The van der Waals surface area contributed by atoms with Crippen LogP contribution in [0.25, 0.3) is 11.3 Å². The summed E-state index contributed by atoms with van der Waals surface area (Å²) < 4.78 is 0. The number of aromatic nitrogens is 2. The lowest BCUT2D eigenvalue weighted by atomic mass is 10.0. The number of nitrogens with zero attached hydrogens (tertiary/aromatic N) is 2. The third kappa shape index (κ3) is 3.40. The molecule has 2 rings (SSSR count). The number of hydrogen-bond donors (Lipinski definition) is 0. The Morgan fingerprint density at radius 1 is 1.37 bits per heavy atom. The Hall–Kier alpha value is -1.71. The van der Waals surface area contributed by atoms with Gasteiger partial charge in [-0.2, -0.15) is 0 Å². The first-order valence-corrected chi connectivity index (χ1v) is 6.28. The van der Waals surface area contributed by atoms with E-state index in [9.17, 15) is 4.79 Å². The maximum absolute atomic E-state index is 11.4. The van der Waals surface area contributed by atoms with Gasteiger partial charge in [0.2, 0.25) is 5.28 Å². The van der Waals surface area contributed by atoms with E-state index in [2.05, 4.69) is 16.5 Å². The minimum atomic E-state index is -0.0380. The van der Waals surface area contributed by atoms with Gasteiger partial charge in [-0.3, -0.25) is 4.79 Å². The van der Waals surface area contributed by atoms with Crippen molar-refractivity contribution in [3.05, 3.63) is 59.0 Å². The molecule has 2 aromatic rings. The molecule has 5 heteroatoms. The molecule has 0 radical (unpaired) electrons. The third-order valence-electron chi connectivity index (χ3n) is 2.52. The number of hydrogen-bond acceptors (Lipinski definition) is 3. The predicted molar refractivity (Wildman–Crippen MR) is 76.4 cm³/mol. The zero-order chi connectivity index (χ0) is 13.8. The Morgan fingerprint density at radius 2 is 2.16 bits per heavy atom. The molecule has 1 heterocycles. The van der Waals surface area contributed by atoms with E-state index in [4.69, 9.17) is 23.2 Å². The monoisotopic (exact) mass is 292 g/mol. The van der Waals surface area contributed by atoms with Gasteiger partial charge in [0.25, 0.3) is 0 Å². The van der Waals surface area contributed by atoms with Crippen LogP contribution in [0.2, 0.25) is 10.3 Å². The van der Waals surface area contributed by atoms with Crippen LogP contribution >= 0.6 is 23.2 Å². The largest absolute Gasteiger partial charge is 0.295 e. The van der Waals surface area contributed by atoms with Crippen LogP contribution < -0.4 is 0 Å². The molecular weight excluding hydrogens is 283 g/mol. The molecule has 3 nitrogen and oxygen atoms in total. The van der Waals surface area contributed by atoms with Crippen molar-refractivity contribution in [2.24, 2.45) is 0 Å². The second kappa shape index (κ2) is 5.95. The molecule has 0 bridgehead atoms. The Kier molecular flexibility index (Phi) is 4.30. The van der Waals surface area contributed by atoms with Crippen molar-refractivity contribution in [3.8, 4) is 11.3 Å². The highest BCUT2D eigenvalue weighted by molar-refractivity contribution is 6.33. The number of carbonyl (C=O) groups excluding carboxylic acids is 1. The standard InChI is InChI=1S/C14H10Cl2N2O/c1-2-11(19)7-9-4-3-5-10(6-9)13-12(15)8-17-14(16)18-13/h2-6,8H,1,7H2. The average molecular weight is 293 g/mol. The number of allylic oxidation sites excluding steroid dienone is 1. The highest BCUT2D eigenvalue weighted by Gasteiger charge is 2.08. The van der Waals surface area contributed by atoms with Gasteiger partial charge in [0, 0.05) is 12.0 Å². The number of benzene rings is 1. The number of carbonyl (C=O) groups is 1. The Labute approximate surface area is 120 Å². The summed E-state index contributed by atoms with van der Waals surface area (Å²) in [7, 11) is 0. The van der Waals surface area contributed by atoms with Gasteiger partial charge < -0.3 is 0 Å². The summed E-state index contributed by atoms with van der Waals surface area (Å²) in [6.07, 6.45) is 3.06. The molecule has 0 amide bonds. The molecule has 0 aliphatic heterocycles. The van der Waals surface area contributed by atoms with Crippen LogP contribution in [0.15, 0.2) is 43.1 Å². The summed E-state index contributed by atoms with van der Waals surface area (Å²) in [5.41, 5.74) is 2.21. The molecule has 19 heavy (non-hydrogen) atoms. The van der Waals surface area contributed by atoms with E-state index >= 15 is 0 Å². The molecule has 0 saturated heterocycles.